The number of hydrogen-bond donors (Lipinski definition) is 0. The fourth-order valence-corrected chi connectivity index (χ4v) is 1.65. The molecule has 1 rings (SSSR count). The van der Waals surface area contributed by atoms with Crippen LogP contribution in [0.25, 0.3) is 0 Å². The van der Waals surface area contributed by atoms with Crippen LogP contribution in [0.1, 0.15) is 33.1 Å². The number of hydrogen-bond acceptors (Lipinski definition) is 2. The van der Waals surface area contributed by atoms with Gasteiger partial charge >= 0.3 is 5.97 Å². The van der Waals surface area contributed by atoms with Crippen molar-refractivity contribution in [3.63, 3.8) is 0 Å². The summed E-state index contributed by atoms with van der Waals surface area (Å²) in [6, 6.07) is 0. The minimum absolute atomic E-state index is 0.0793. The van der Waals surface area contributed by atoms with Crippen molar-refractivity contribution < 1.29 is 9.53 Å². The third-order valence-electron chi connectivity index (χ3n) is 1.96. The zero-order valence-corrected chi connectivity index (χ0v) is 8.98. The van der Waals surface area contributed by atoms with Crippen molar-refractivity contribution in [1.82, 2.24) is 0 Å². The zero-order valence-electron chi connectivity index (χ0n) is 7.39. The van der Waals surface area contributed by atoms with Crippen LogP contribution >= 0.6 is 15.9 Å². The Hall–Kier alpha value is -0.310. The SMILES string of the molecule is CCCCC1=C(Br)C(C)OC1=O. The van der Waals surface area contributed by atoms with Crippen LogP contribution < -0.4 is 0 Å². The molecule has 12 heavy (non-hydrogen) atoms. The fraction of sp³-hybridized carbons (Fsp3) is 0.667. The second kappa shape index (κ2) is 4.08. The average molecular weight is 233 g/mol. The predicted molar refractivity (Wildman–Crippen MR) is 51.0 cm³/mol. The Morgan fingerprint density at radius 3 is 2.67 bits per heavy atom. The molecule has 0 aromatic rings. The first-order valence-corrected chi connectivity index (χ1v) is 5.05. The van der Waals surface area contributed by atoms with Crippen molar-refractivity contribution in [3.05, 3.63) is 10.1 Å². The van der Waals surface area contributed by atoms with Crippen LogP contribution in [0, 0.1) is 0 Å². The van der Waals surface area contributed by atoms with Gasteiger partial charge in [0.05, 0.1) is 5.57 Å². The van der Waals surface area contributed by atoms with Gasteiger partial charge in [-0.2, -0.15) is 0 Å². The number of ether oxygens (including phenoxy) is 1. The van der Waals surface area contributed by atoms with E-state index in [1.165, 1.54) is 0 Å². The number of unbranched alkanes of at least 4 members (excludes halogenated alkanes) is 1. The lowest BCUT2D eigenvalue weighted by Gasteiger charge is -1.99. The Bertz CT molecular complexity index is 221. The maximum atomic E-state index is 11.2. The molecule has 0 saturated carbocycles. The number of carbonyl (C=O) groups is 1. The van der Waals surface area contributed by atoms with Crippen LogP contribution in [0.15, 0.2) is 10.1 Å². The molecule has 0 aliphatic carbocycles. The molecule has 1 heterocycles. The molecular formula is C9H13BrO2. The Labute approximate surface area is 81.1 Å². The van der Waals surface area contributed by atoms with Crippen molar-refractivity contribution in [3.8, 4) is 0 Å². The minimum atomic E-state index is -0.150. The molecule has 0 spiro atoms. The first-order valence-electron chi connectivity index (χ1n) is 4.26. The molecule has 0 bridgehead atoms. The second-order valence-electron chi connectivity index (χ2n) is 2.98. The highest BCUT2D eigenvalue weighted by Gasteiger charge is 2.28. The van der Waals surface area contributed by atoms with Crippen LogP contribution in [0.4, 0.5) is 0 Å². The van der Waals surface area contributed by atoms with Crippen molar-refractivity contribution in [2.45, 2.75) is 39.2 Å². The highest BCUT2D eigenvalue weighted by Crippen LogP contribution is 2.30. The minimum Gasteiger partial charge on any atom is -0.454 e. The molecule has 68 valence electrons. The molecule has 0 saturated heterocycles. The maximum Gasteiger partial charge on any atom is 0.335 e. The molecule has 3 heteroatoms. The Morgan fingerprint density at radius 1 is 1.58 bits per heavy atom. The summed E-state index contributed by atoms with van der Waals surface area (Å²) in [5.41, 5.74) is 0.823. The van der Waals surface area contributed by atoms with Gasteiger partial charge in [-0.1, -0.05) is 29.3 Å². The van der Waals surface area contributed by atoms with Crippen LogP contribution in [-0.2, 0) is 9.53 Å². The number of esters is 1. The smallest absolute Gasteiger partial charge is 0.335 e. The van der Waals surface area contributed by atoms with Gasteiger partial charge in [-0.3, -0.25) is 0 Å². The molecule has 0 N–H and O–H groups in total. The lowest BCUT2D eigenvalue weighted by Crippen LogP contribution is -2.04. The first-order chi connectivity index (χ1) is 5.66. The topological polar surface area (TPSA) is 26.3 Å². The van der Waals surface area contributed by atoms with E-state index in [1.54, 1.807) is 0 Å². The average Bonchev–Trinajstić information content (AvgIpc) is 2.25. The summed E-state index contributed by atoms with van der Waals surface area (Å²) in [7, 11) is 0. The molecule has 0 radical (unpaired) electrons. The predicted octanol–water partition coefficient (Wildman–Crippen LogP) is 2.77. The van der Waals surface area contributed by atoms with Crippen molar-refractivity contribution >= 4 is 21.9 Å². The highest BCUT2D eigenvalue weighted by molar-refractivity contribution is 9.11. The highest BCUT2D eigenvalue weighted by atomic mass is 79.9. The quantitative estimate of drug-likeness (QED) is 0.700. The first kappa shape index (κ1) is 9.78. The van der Waals surface area contributed by atoms with E-state index in [9.17, 15) is 4.79 Å². The third-order valence-corrected chi connectivity index (χ3v) is 3.08. The van der Waals surface area contributed by atoms with E-state index in [2.05, 4.69) is 22.9 Å². The maximum absolute atomic E-state index is 11.2. The van der Waals surface area contributed by atoms with Crippen molar-refractivity contribution in [2.24, 2.45) is 0 Å². The molecule has 0 aromatic carbocycles. The van der Waals surface area contributed by atoms with E-state index in [1.807, 2.05) is 6.92 Å². The molecule has 0 aromatic heterocycles. The largest absolute Gasteiger partial charge is 0.454 e. The monoisotopic (exact) mass is 232 g/mol. The van der Waals surface area contributed by atoms with E-state index in [0.717, 1.165) is 29.3 Å². The van der Waals surface area contributed by atoms with Gasteiger partial charge in [0.25, 0.3) is 0 Å². The van der Waals surface area contributed by atoms with Gasteiger partial charge in [0.15, 0.2) is 0 Å². The lowest BCUT2D eigenvalue weighted by atomic mass is 10.1. The second-order valence-corrected chi connectivity index (χ2v) is 3.83. The number of cyclic esters (lactones) is 1. The molecule has 1 aliphatic rings. The molecule has 0 fully saturated rings. The van der Waals surface area contributed by atoms with Crippen LogP contribution in [0.2, 0.25) is 0 Å². The number of carbonyl (C=O) groups excluding carboxylic acids is 1. The third kappa shape index (κ3) is 1.89. The molecule has 1 aliphatic heterocycles. The van der Waals surface area contributed by atoms with Gasteiger partial charge in [0, 0.05) is 4.48 Å². The Kier molecular flexibility index (Phi) is 3.32. The summed E-state index contributed by atoms with van der Waals surface area (Å²) in [6.07, 6.45) is 2.90. The molecule has 1 atom stereocenters. The normalized spacial score (nSPS) is 23.2. The van der Waals surface area contributed by atoms with E-state index in [-0.39, 0.29) is 12.1 Å². The summed E-state index contributed by atoms with van der Waals surface area (Å²) in [6.45, 7) is 3.99. The molecule has 1 unspecified atom stereocenters. The summed E-state index contributed by atoms with van der Waals surface area (Å²) in [4.78, 5) is 11.2. The fourth-order valence-electron chi connectivity index (χ4n) is 1.20. The van der Waals surface area contributed by atoms with E-state index >= 15 is 0 Å². The van der Waals surface area contributed by atoms with Gasteiger partial charge in [0.1, 0.15) is 6.10 Å². The van der Waals surface area contributed by atoms with Crippen LogP contribution in [-0.4, -0.2) is 12.1 Å². The van der Waals surface area contributed by atoms with Crippen LogP contribution in [0.5, 0.6) is 0 Å². The van der Waals surface area contributed by atoms with Crippen molar-refractivity contribution in [2.75, 3.05) is 0 Å². The van der Waals surface area contributed by atoms with Gasteiger partial charge in [0.2, 0.25) is 0 Å². The molecule has 2 nitrogen and oxygen atoms in total. The van der Waals surface area contributed by atoms with E-state index in [0.29, 0.717) is 0 Å². The summed E-state index contributed by atoms with van der Waals surface area (Å²) in [5.74, 6) is -0.150. The van der Waals surface area contributed by atoms with Gasteiger partial charge in [-0.25, -0.2) is 4.79 Å². The number of rotatable bonds is 3. The lowest BCUT2D eigenvalue weighted by molar-refractivity contribution is -0.139. The van der Waals surface area contributed by atoms with Gasteiger partial charge < -0.3 is 4.74 Å². The van der Waals surface area contributed by atoms with E-state index < -0.39 is 0 Å². The van der Waals surface area contributed by atoms with Gasteiger partial charge in [-0.05, 0) is 19.8 Å². The Morgan fingerprint density at radius 2 is 2.25 bits per heavy atom. The molecule has 0 amide bonds. The van der Waals surface area contributed by atoms with E-state index in [4.69, 9.17) is 4.74 Å². The van der Waals surface area contributed by atoms with Crippen molar-refractivity contribution in [1.29, 1.82) is 0 Å². The standard InChI is InChI=1S/C9H13BrO2/c1-3-4-5-7-8(10)6(2)12-9(7)11/h6H,3-5H2,1-2H3. The molecular weight excluding hydrogens is 220 g/mol. The van der Waals surface area contributed by atoms with Crippen LogP contribution in [0.3, 0.4) is 0 Å². The summed E-state index contributed by atoms with van der Waals surface area (Å²) >= 11 is 3.37. The summed E-state index contributed by atoms with van der Waals surface area (Å²) in [5, 5.41) is 0. The Balaban J connectivity index is 2.65. The number of halogens is 1. The summed E-state index contributed by atoms with van der Waals surface area (Å²) < 4.78 is 5.95. The van der Waals surface area contributed by atoms with Gasteiger partial charge in [-0.15, -0.1) is 0 Å². The zero-order chi connectivity index (χ0) is 9.14.